The zero-order valence-corrected chi connectivity index (χ0v) is 12.0. The SMILES string of the molecule is CCCNC1CCC(C)(CCC(C)(C)C)C1. The van der Waals surface area contributed by atoms with Gasteiger partial charge in [0.15, 0.2) is 0 Å². The molecule has 96 valence electrons. The topological polar surface area (TPSA) is 12.0 Å². The van der Waals surface area contributed by atoms with Crippen molar-refractivity contribution in [2.75, 3.05) is 6.54 Å². The average molecular weight is 225 g/mol. The highest BCUT2D eigenvalue weighted by Gasteiger charge is 2.35. The van der Waals surface area contributed by atoms with Crippen molar-refractivity contribution in [2.24, 2.45) is 10.8 Å². The Morgan fingerprint density at radius 2 is 2.00 bits per heavy atom. The smallest absolute Gasteiger partial charge is 0.00724 e. The van der Waals surface area contributed by atoms with Crippen molar-refractivity contribution in [3.63, 3.8) is 0 Å². The Balaban J connectivity index is 2.31. The van der Waals surface area contributed by atoms with Crippen molar-refractivity contribution in [1.82, 2.24) is 5.32 Å². The molecule has 1 saturated carbocycles. The first-order valence-corrected chi connectivity index (χ1v) is 7.08. The van der Waals surface area contributed by atoms with Crippen LogP contribution in [0.5, 0.6) is 0 Å². The third-order valence-corrected chi connectivity index (χ3v) is 4.00. The molecule has 1 heteroatoms. The van der Waals surface area contributed by atoms with E-state index in [9.17, 15) is 0 Å². The van der Waals surface area contributed by atoms with Gasteiger partial charge in [-0.3, -0.25) is 0 Å². The highest BCUT2D eigenvalue weighted by molar-refractivity contribution is 4.90. The molecular formula is C15H31N. The number of hydrogen-bond donors (Lipinski definition) is 1. The summed E-state index contributed by atoms with van der Waals surface area (Å²) in [5.74, 6) is 0. The van der Waals surface area contributed by atoms with E-state index in [0.717, 1.165) is 6.04 Å². The second-order valence-electron chi connectivity index (χ2n) is 7.27. The highest BCUT2D eigenvalue weighted by atomic mass is 14.9. The number of rotatable bonds is 5. The molecule has 1 fully saturated rings. The molecule has 0 aromatic carbocycles. The molecule has 0 aliphatic heterocycles. The van der Waals surface area contributed by atoms with Crippen molar-refractivity contribution < 1.29 is 0 Å². The van der Waals surface area contributed by atoms with Gasteiger partial charge in [-0.1, -0.05) is 34.6 Å². The van der Waals surface area contributed by atoms with Gasteiger partial charge in [0.05, 0.1) is 0 Å². The van der Waals surface area contributed by atoms with Crippen molar-refractivity contribution in [3.05, 3.63) is 0 Å². The van der Waals surface area contributed by atoms with Crippen LogP contribution >= 0.6 is 0 Å². The molecule has 1 aliphatic carbocycles. The van der Waals surface area contributed by atoms with Crippen LogP contribution in [0.4, 0.5) is 0 Å². The van der Waals surface area contributed by atoms with E-state index in [1.54, 1.807) is 0 Å². The summed E-state index contributed by atoms with van der Waals surface area (Å²) in [5, 5.41) is 3.68. The van der Waals surface area contributed by atoms with Gasteiger partial charge in [-0.05, 0) is 55.9 Å². The van der Waals surface area contributed by atoms with Crippen molar-refractivity contribution in [3.8, 4) is 0 Å². The second kappa shape index (κ2) is 5.53. The second-order valence-corrected chi connectivity index (χ2v) is 7.27. The van der Waals surface area contributed by atoms with Crippen LogP contribution in [0, 0.1) is 10.8 Å². The Kier molecular flexibility index (Phi) is 4.85. The Morgan fingerprint density at radius 3 is 2.56 bits per heavy atom. The van der Waals surface area contributed by atoms with Gasteiger partial charge in [-0.25, -0.2) is 0 Å². The summed E-state index contributed by atoms with van der Waals surface area (Å²) in [4.78, 5) is 0. The highest BCUT2D eigenvalue weighted by Crippen LogP contribution is 2.43. The summed E-state index contributed by atoms with van der Waals surface area (Å²) < 4.78 is 0. The minimum absolute atomic E-state index is 0.498. The van der Waals surface area contributed by atoms with Gasteiger partial charge >= 0.3 is 0 Å². The quantitative estimate of drug-likeness (QED) is 0.732. The lowest BCUT2D eigenvalue weighted by Gasteiger charge is -2.29. The maximum Gasteiger partial charge on any atom is 0.00724 e. The van der Waals surface area contributed by atoms with E-state index in [1.807, 2.05) is 0 Å². The van der Waals surface area contributed by atoms with Gasteiger partial charge < -0.3 is 5.32 Å². The van der Waals surface area contributed by atoms with Crippen LogP contribution in [0.3, 0.4) is 0 Å². The van der Waals surface area contributed by atoms with Gasteiger partial charge in [-0.2, -0.15) is 0 Å². The summed E-state index contributed by atoms with van der Waals surface area (Å²) in [6.07, 6.45) is 8.23. The predicted octanol–water partition coefficient (Wildman–Crippen LogP) is 4.37. The largest absolute Gasteiger partial charge is 0.314 e. The summed E-state index contributed by atoms with van der Waals surface area (Å²) >= 11 is 0. The van der Waals surface area contributed by atoms with E-state index in [2.05, 4.69) is 39.9 Å². The van der Waals surface area contributed by atoms with Crippen LogP contribution < -0.4 is 5.32 Å². The molecule has 0 spiro atoms. The van der Waals surface area contributed by atoms with Crippen LogP contribution in [0.2, 0.25) is 0 Å². The molecule has 0 bridgehead atoms. The first-order chi connectivity index (χ1) is 7.35. The monoisotopic (exact) mass is 225 g/mol. The molecule has 0 amide bonds. The number of nitrogens with one attached hydrogen (secondary N) is 1. The fraction of sp³-hybridized carbons (Fsp3) is 1.00. The molecule has 16 heavy (non-hydrogen) atoms. The molecule has 0 aromatic heterocycles. The summed E-state index contributed by atoms with van der Waals surface area (Å²) in [6, 6.07) is 0.796. The molecule has 0 radical (unpaired) electrons. The molecule has 1 rings (SSSR count). The Bertz CT molecular complexity index is 204. The average Bonchev–Trinajstić information content (AvgIpc) is 2.55. The number of hydrogen-bond acceptors (Lipinski definition) is 1. The summed E-state index contributed by atoms with van der Waals surface area (Å²) in [5.41, 5.74) is 1.11. The molecule has 2 unspecified atom stereocenters. The van der Waals surface area contributed by atoms with Gasteiger partial charge in [0.25, 0.3) is 0 Å². The normalized spacial score (nSPS) is 30.9. The minimum atomic E-state index is 0.498. The van der Waals surface area contributed by atoms with Crippen molar-refractivity contribution in [1.29, 1.82) is 0 Å². The van der Waals surface area contributed by atoms with E-state index in [4.69, 9.17) is 0 Å². The fourth-order valence-corrected chi connectivity index (χ4v) is 2.75. The van der Waals surface area contributed by atoms with E-state index >= 15 is 0 Å². The Hall–Kier alpha value is -0.0400. The van der Waals surface area contributed by atoms with E-state index in [0.29, 0.717) is 10.8 Å². The Morgan fingerprint density at radius 1 is 1.31 bits per heavy atom. The third kappa shape index (κ3) is 4.86. The van der Waals surface area contributed by atoms with Gasteiger partial charge in [-0.15, -0.1) is 0 Å². The van der Waals surface area contributed by atoms with Crippen molar-refractivity contribution >= 4 is 0 Å². The van der Waals surface area contributed by atoms with Crippen LogP contribution in [-0.2, 0) is 0 Å². The maximum absolute atomic E-state index is 3.68. The first-order valence-electron chi connectivity index (χ1n) is 7.08. The first kappa shape index (κ1) is 14.0. The lowest BCUT2D eigenvalue weighted by Crippen LogP contribution is -2.28. The molecule has 1 aliphatic rings. The lowest BCUT2D eigenvalue weighted by molar-refractivity contribution is 0.235. The summed E-state index contributed by atoms with van der Waals surface area (Å²) in [6.45, 7) is 13.0. The van der Waals surface area contributed by atoms with Crippen LogP contribution in [0.25, 0.3) is 0 Å². The minimum Gasteiger partial charge on any atom is -0.314 e. The van der Waals surface area contributed by atoms with Gasteiger partial charge in [0, 0.05) is 6.04 Å². The van der Waals surface area contributed by atoms with E-state index in [-0.39, 0.29) is 0 Å². The van der Waals surface area contributed by atoms with E-state index < -0.39 is 0 Å². The third-order valence-electron chi connectivity index (χ3n) is 4.00. The van der Waals surface area contributed by atoms with Crippen LogP contribution in [0.1, 0.15) is 73.1 Å². The van der Waals surface area contributed by atoms with Crippen LogP contribution in [-0.4, -0.2) is 12.6 Å². The fourth-order valence-electron chi connectivity index (χ4n) is 2.75. The Labute approximate surface area is 102 Å². The zero-order valence-electron chi connectivity index (χ0n) is 12.0. The van der Waals surface area contributed by atoms with Gasteiger partial charge in [0.2, 0.25) is 0 Å². The lowest BCUT2D eigenvalue weighted by atomic mass is 9.78. The van der Waals surface area contributed by atoms with Gasteiger partial charge in [0.1, 0.15) is 0 Å². The molecule has 0 saturated heterocycles. The maximum atomic E-state index is 3.68. The zero-order chi connectivity index (χ0) is 12.2. The van der Waals surface area contributed by atoms with E-state index in [1.165, 1.54) is 45.1 Å². The molecule has 1 N–H and O–H groups in total. The molecule has 0 aromatic rings. The standard InChI is InChI=1S/C15H31N/c1-6-11-16-13-7-8-15(5,12-13)10-9-14(2,3)4/h13,16H,6-12H2,1-5H3. The predicted molar refractivity (Wildman–Crippen MR) is 72.7 cm³/mol. The molecule has 1 nitrogen and oxygen atoms in total. The van der Waals surface area contributed by atoms with Crippen molar-refractivity contribution in [2.45, 2.75) is 79.2 Å². The van der Waals surface area contributed by atoms with Crippen LogP contribution in [0.15, 0.2) is 0 Å². The molecule has 0 heterocycles. The molecule has 2 atom stereocenters. The molecular weight excluding hydrogens is 194 g/mol. The summed E-state index contributed by atoms with van der Waals surface area (Å²) in [7, 11) is 0.